The summed E-state index contributed by atoms with van der Waals surface area (Å²) in [5.74, 6) is 0. The van der Waals surface area contributed by atoms with Gasteiger partial charge in [0.15, 0.2) is 0 Å². The number of carbonyl (C=O) groups is 1. The zero-order valence-corrected chi connectivity index (χ0v) is 25.5. The Bertz CT molecular complexity index is 1070. The molecule has 4 nitrogen and oxygen atoms in total. The minimum absolute atomic E-state index is 0.180. The van der Waals surface area contributed by atoms with Crippen LogP contribution in [0, 0.1) is 0 Å². The average Bonchev–Trinajstić information content (AvgIpc) is 2.90. The Hall–Kier alpha value is -3.15. The van der Waals surface area contributed by atoms with Crippen LogP contribution in [0.5, 0.6) is 0 Å². The molecule has 0 spiro atoms. The summed E-state index contributed by atoms with van der Waals surface area (Å²) in [5.41, 5.74) is 1.69. The molecule has 3 rings (SSSR count). The van der Waals surface area contributed by atoms with E-state index < -0.39 is 19.3 Å². The molecule has 3 aromatic rings. The predicted octanol–water partition coefficient (Wildman–Crippen LogP) is 8.44. The number of allylic oxidation sites excluding steroid dienone is 1. The highest BCUT2D eigenvalue weighted by atomic mass is 28.3. The quantitative estimate of drug-likeness (QED) is 0.131. The summed E-state index contributed by atoms with van der Waals surface area (Å²) in [6.07, 6.45) is 3.82. The maximum Gasteiger partial charge on any atom is 0.410 e. The normalized spacial score (nSPS) is 13.0. The summed E-state index contributed by atoms with van der Waals surface area (Å²) in [6.45, 7) is 16.9. The smallest absolute Gasteiger partial charge is 0.410 e. The van der Waals surface area contributed by atoms with Gasteiger partial charge < -0.3 is 14.4 Å². The summed E-state index contributed by atoms with van der Waals surface area (Å²) >= 11 is 0. The topological polar surface area (TPSA) is 38.8 Å². The first-order chi connectivity index (χ1) is 18.5. The second kappa shape index (κ2) is 13.3. The van der Waals surface area contributed by atoms with E-state index in [9.17, 15) is 4.79 Å². The van der Waals surface area contributed by atoms with E-state index in [1.165, 1.54) is 0 Å². The lowest BCUT2D eigenvalue weighted by Crippen LogP contribution is -2.52. The lowest BCUT2D eigenvalue weighted by Gasteiger charge is -2.41. The molecule has 0 aliphatic heterocycles. The summed E-state index contributed by atoms with van der Waals surface area (Å²) < 4.78 is 13.1. The molecule has 0 heterocycles. The Morgan fingerprint density at radius 3 is 1.64 bits per heavy atom. The fourth-order valence-corrected chi connectivity index (χ4v) is 6.21. The molecule has 0 N–H and O–H groups in total. The SMILES string of the molecule is C=CCCC(COC(c1ccccc1)(c1ccccc1)c1ccccc1)N(C[Si](C)(C)C)C(=O)OC(C)(C)C. The van der Waals surface area contributed by atoms with Crippen molar-refractivity contribution in [3.05, 3.63) is 120 Å². The number of rotatable bonds is 12. The molecule has 0 radical (unpaired) electrons. The van der Waals surface area contributed by atoms with Crippen molar-refractivity contribution in [3.8, 4) is 0 Å². The number of benzene rings is 3. The molecule has 0 saturated heterocycles. The van der Waals surface area contributed by atoms with Gasteiger partial charge in [0.2, 0.25) is 0 Å². The van der Waals surface area contributed by atoms with Crippen molar-refractivity contribution in [2.45, 2.75) is 70.5 Å². The van der Waals surface area contributed by atoms with Gasteiger partial charge in [-0.15, -0.1) is 6.58 Å². The zero-order chi connectivity index (χ0) is 28.5. The first-order valence-corrected chi connectivity index (χ1v) is 17.6. The first kappa shape index (κ1) is 30.4. The van der Waals surface area contributed by atoms with Crippen molar-refractivity contribution in [1.82, 2.24) is 4.90 Å². The molecular weight excluding hydrogens is 498 g/mol. The Morgan fingerprint density at radius 2 is 1.28 bits per heavy atom. The van der Waals surface area contributed by atoms with Crippen LogP contribution in [0.3, 0.4) is 0 Å². The molecule has 0 aliphatic carbocycles. The van der Waals surface area contributed by atoms with Gasteiger partial charge in [-0.05, 0) is 50.3 Å². The van der Waals surface area contributed by atoms with E-state index in [-0.39, 0.29) is 12.1 Å². The van der Waals surface area contributed by atoms with Crippen LogP contribution < -0.4 is 0 Å². The Kier molecular flexibility index (Phi) is 10.3. The molecule has 0 saturated carbocycles. The fraction of sp³-hybridized carbons (Fsp3) is 0.382. The molecular formula is C34H45NO3Si. The third-order valence-electron chi connectivity index (χ3n) is 6.45. The van der Waals surface area contributed by atoms with E-state index in [4.69, 9.17) is 9.47 Å². The molecule has 1 atom stereocenters. The van der Waals surface area contributed by atoms with Gasteiger partial charge in [-0.2, -0.15) is 0 Å². The van der Waals surface area contributed by atoms with Crippen molar-refractivity contribution in [1.29, 1.82) is 0 Å². The van der Waals surface area contributed by atoms with E-state index in [0.717, 1.165) is 29.5 Å². The van der Waals surface area contributed by atoms with Gasteiger partial charge in [0.1, 0.15) is 11.2 Å². The highest BCUT2D eigenvalue weighted by molar-refractivity contribution is 6.76. The van der Waals surface area contributed by atoms with Gasteiger partial charge in [-0.3, -0.25) is 0 Å². The predicted molar refractivity (Wildman–Crippen MR) is 165 cm³/mol. The second-order valence-electron chi connectivity index (χ2n) is 12.3. The number of amides is 1. The molecule has 208 valence electrons. The van der Waals surface area contributed by atoms with E-state index in [1.54, 1.807) is 0 Å². The highest BCUT2D eigenvalue weighted by Crippen LogP contribution is 2.41. The Morgan fingerprint density at radius 1 is 0.846 bits per heavy atom. The van der Waals surface area contributed by atoms with Crippen LogP contribution in [0.1, 0.15) is 50.3 Å². The van der Waals surface area contributed by atoms with Crippen molar-refractivity contribution >= 4 is 14.2 Å². The third-order valence-corrected chi connectivity index (χ3v) is 7.74. The lowest BCUT2D eigenvalue weighted by molar-refractivity contribution is -0.0320. The molecule has 0 bridgehead atoms. The average molecular weight is 544 g/mol. The molecule has 39 heavy (non-hydrogen) atoms. The number of hydrogen-bond donors (Lipinski definition) is 0. The van der Waals surface area contributed by atoms with Gasteiger partial charge in [0.05, 0.1) is 20.7 Å². The fourth-order valence-electron chi connectivity index (χ4n) is 4.80. The molecule has 0 aliphatic rings. The van der Waals surface area contributed by atoms with Gasteiger partial charge in [0.25, 0.3) is 0 Å². The Balaban J connectivity index is 2.12. The van der Waals surface area contributed by atoms with Crippen molar-refractivity contribution < 1.29 is 14.3 Å². The number of hydrogen-bond acceptors (Lipinski definition) is 3. The van der Waals surface area contributed by atoms with E-state index >= 15 is 0 Å². The molecule has 1 unspecified atom stereocenters. The van der Waals surface area contributed by atoms with Gasteiger partial charge >= 0.3 is 6.09 Å². The maximum atomic E-state index is 13.6. The Labute approximate surface area is 236 Å². The molecule has 1 amide bonds. The van der Waals surface area contributed by atoms with Gasteiger partial charge in [-0.25, -0.2) is 4.79 Å². The monoisotopic (exact) mass is 543 g/mol. The molecule has 0 aromatic heterocycles. The largest absolute Gasteiger partial charge is 0.444 e. The van der Waals surface area contributed by atoms with Crippen molar-refractivity contribution in [2.75, 3.05) is 12.8 Å². The number of nitrogens with zero attached hydrogens (tertiary/aromatic N) is 1. The van der Waals surface area contributed by atoms with E-state index in [0.29, 0.717) is 12.8 Å². The molecule has 0 fully saturated rings. The molecule has 5 heteroatoms. The van der Waals surface area contributed by atoms with Crippen LogP contribution in [0.25, 0.3) is 0 Å². The molecule has 3 aromatic carbocycles. The highest BCUT2D eigenvalue weighted by Gasteiger charge is 2.40. The van der Waals surface area contributed by atoms with Crippen LogP contribution in [0.2, 0.25) is 19.6 Å². The zero-order valence-electron chi connectivity index (χ0n) is 24.5. The number of carbonyl (C=O) groups excluding carboxylic acids is 1. The van der Waals surface area contributed by atoms with Crippen molar-refractivity contribution in [3.63, 3.8) is 0 Å². The lowest BCUT2D eigenvalue weighted by atomic mass is 9.80. The second-order valence-corrected chi connectivity index (χ2v) is 17.7. The maximum absolute atomic E-state index is 13.6. The summed E-state index contributed by atoms with van der Waals surface area (Å²) in [7, 11) is -1.68. The minimum Gasteiger partial charge on any atom is -0.444 e. The minimum atomic E-state index is -1.68. The van der Waals surface area contributed by atoms with Crippen LogP contribution in [-0.2, 0) is 15.1 Å². The van der Waals surface area contributed by atoms with Crippen molar-refractivity contribution in [2.24, 2.45) is 0 Å². The first-order valence-electron chi connectivity index (χ1n) is 13.9. The van der Waals surface area contributed by atoms with Crippen LogP contribution >= 0.6 is 0 Å². The van der Waals surface area contributed by atoms with Crippen LogP contribution in [-0.4, -0.2) is 43.5 Å². The standard InChI is InChI=1S/C34H45NO3Si/c1-8-9-25-31(35(27-39(5,6)7)32(36)38-33(2,3)4)26-37-34(28-19-13-10-14-20-28,29-21-15-11-16-22-29)30-23-17-12-18-24-30/h8,10-24,31H,1,9,25-27H2,2-7H3. The summed E-state index contributed by atoms with van der Waals surface area (Å²) in [5, 5.41) is 0. The third kappa shape index (κ3) is 8.41. The summed E-state index contributed by atoms with van der Waals surface area (Å²) in [6, 6.07) is 30.9. The van der Waals surface area contributed by atoms with E-state index in [1.807, 2.05) is 86.3 Å². The van der Waals surface area contributed by atoms with Crippen LogP contribution in [0.4, 0.5) is 4.79 Å². The van der Waals surface area contributed by atoms with Crippen LogP contribution in [0.15, 0.2) is 104 Å². The van der Waals surface area contributed by atoms with E-state index in [2.05, 4.69) is 62.6 Å². The van der Waals surface area contributed by atoms with Gasteiger partial charge in [0, 0.05) is 6.17 Å². The summed E-state index contributed by atoms with van der Waals surface area (Å²) in [4.78, 5) is 15.5. The van der Waals surface area contributed by atoms with Gasteiger partial charge in [-0.1, -0.05) is 117 Å². The number of ether oxygens (including phenoxy) is 2.